The maximum atomic E-state index is 12.1. The second-order valence-electron chi connectivity index (χ2n) is 5.00. The number of rotatable bonds is 9. The summed E-state index contributed by atoms with van der Waals surface area (Å²) in [5.74, 6) is -0.171. The maximum absolute atomic E-state index is 12.1. The summed E-state index contributed by atoms with van der Waals surface area (Å²) in [6, 6.07) is 0. The van der Waals surface area contributed by atoms with E-state index < -0.39 is 5.54 Å². The third-order valence-electron chi connectivity index (χ3n) is 3.16. The molecule has 0 spiro atoms. The van der Waals surface area contributed by atoms with Crippen LogP contribution in [0.4, 0.5) is 0 Å². The second-order valence-corrected chi connectivity index (χ2v) is 5.92. The van der Waals surface area contributed by atoms with Crippen molar-refractivity contribution in [2.75, 3.05) is 13.2 Å². The van der Waals surface area contributed by atoms with E-state index in [1.807, 2.05) is 24.7 Å². The summed E-state index contributed by atoms with van der Waals surface area (Å²) in [5, 5.41) is 7.52. The lowest BCUT2D eigenvalue weighted by atomic mass is 9.95. The molecule has 0 saturated carbocycles. The summed E-state index contributed by atoms with van der Waals surface area (Å²) in [7, 11) is 0. The third-order valence-corrected chi connectivity index (χ3v) is 3.57. The molecule has 0 aliphatic rings. The molecule has 6 heteroatoms. The van der Waals surface area contributed by atoms with E-state index in [9.17, 15) is 4.79 Å². The molecule has 1 heterocycles. The fraction of sp³-hybridized carbons (Fsp3) is 0.714. The van der Waals surface area contributed by atoms with Gasteiger partial charge in [-0.05, 0) is 55.6 Å². The van der Waals surface area contributed by atoms with Gasteiger partial charge >= 0.3 is 5.97 Å². The first-order valence-electron chi connectivity index (χ1n) is 7.12. The number of esters is 1. The average Bonchev–Trinajstić information content (AvgIpc) is 2.82. The molecule has 0 amide bonds. The Morgan fingerprint density at radius 1 is 1.55 bits per heavy atom. The van der Waals surface area contributed by atoms with Crippen molar-refractivity contribution in [3.63, 3.8) is 0 Å². The first-order valence-corrected chi connectivity index (χ1v) is 7.91. The number of aromatic nitrogens is 2. The minimum atomic E-state index is -0.615. The maximum Gasteiger partial charge on any atom is 0.326 e. The van der Waals surface area contributed by atoms with Crippen LogP contribution in [0.25, 0.3) is 0 Å². The van der Waals surface area contributed by atoms with Gasteiger partial charge < -0.3 is 10.1 Å². The van der Waals surface area contributed by atoms with Gasteiger partial charge in [-0.1, -0.05) is 6.92 Å². The van der Waals surface area contributed by atoms with Crippen molar-refractivity contribution in [3.05, 3.63) is 16.9 Å². The van der Waals surface area contributed by atoms with E-state index in [0.29, 0.717) is 6.61 Å². The van der Waals surface area contributed by atoms with Gasteiger partial charge in [0.2, 0.25) is 0 Å². The van der Waals surface area contributed by atoms with Crippen molar-refractivity contribution in [2.45, 2.75) is 52.1 Å². The molecule has 0 fully saturated rings. The van der Waals surface area contributed by atoms with Crippen LogP contribution in [-0.4, -0.2) is 34.4 Å². The number of aryl methyl sites for hydroxylation is 1. The average molecular weight is 346 g/mol. The molecule has 0 aliphatic heterocycles. The summed E-state index contributed by atoms with van der Waals surface area (Å²) < 4.78 is 8.02. The Balaban J connectivity index is 2.53. The van der Waals surface area contributed by atoms with E-state index in [2.05, 4.69) is 33.3 Å². The van der Waals surface area contributed by atoms with Gasteiger partial charge in [0.25, 0.3) is 0 Å². The molecule has 1 N–H and O–H groups in total. The van der Waals surface area contributed by atoms with E-state index >= 15 is 0 Å². The highest BCUT2D eigenvalue weighted by atomic mass is 79.9. The molecule has 0 saturated heterocycles. The minimum absolute atomic E-state index is 0.171. The fourth-order valence-electron chi connectivity index (χ4n) is 2.01. The highest BCUT2D eigenvalue weighted by Crippen LogP contribution is 2.16. The zero-order valence-electron chi connectivity index (χ0n) is 12.5. The number of nitrogens with one attached hydrogen (secondary N) is 1. The Morgan fingerprint density at radius 3 is 2.85 bits per heavy atom. The SMILES string of the molecule is CCCNC(C)(CCCn1cc(Br)cn1)C(=O)OCC. The Morgan fingerprint density at radius 2 is 2.30 bits per heavy atom. The Bertz CT molecular complexity index is 422. The van der Waals surface area contributed by atoms with Gasteiger partial charge in [-0.3, -0.25) is 9.48 Å². The molecule has 1 unspecified atom stereocenters. The predicted molar refractivity (Wildman–Crippen MR) is 82.5 cm³/mol. The van der Waals surface area contributed by atoms with Crippen LogP contribution in [0.3, 0.4) is 0 Å². The van der Waals surface area contributed by atoms with Crippen molar-refractivity contribution in [1.82, 2.24) is 15.1 Å². The molecule has 1 atom stereocenters. The molecule has 114 valence electrons. The van der Waals surface area contributed by atoms with E-state index in [0.717, 1.165) is 36.8 Å². The summed E-state index contributed by atoms with van der Waals surface area (Å²) in [4.78, 5) is 12.1. The quantitative estimate of drug-likeness (QED) is 0.699. The molecule has 0 aromatic carbocycles. The smallest absolute Gasteiger partial charge is 0.326 e. The standard InChI is InChI=1S/C14H24BrN3O2/c1-4-8-16-14(3,13(19)20-5-2)7-6-9-18-11-12(15)10-17-18/h10-11,16H,4-9H2,1-3H3. The molecule has 1 aromatic heterocycles. The van der Waals surface area contributed by atoms with Gasteiger partial charge in [-0.2, -0.15) is 5.10 Å². The highest BCUT2D eigenvalue weighted by Gasteiger charge is 2.33. The number of ether oxygens (including phenoxy) is 1. The van der Waals surface area contributed by atoms with Gasteiger partial charge in [0, 0.05) is 12.7 Å². The molecule has 0 radical (unpaired) electrons. The van der Waals surface area contributed by atoms with Gasteiger partial charge in [0.1, 0.15) is 5.54 Å². The highest BCUT2D eigenvalue weighted by molar-refractivity contribution is 9.10. The monoisotopic (exact) mass is 345 g/mol. The van der Waals surface area contributed by atoms with Gasteiger partial charge in [-0.25, -0.2) is 0 Å². The minimum Gasteiger partial charge on any atom is -0.465 e. The predicted octanol–water partition coefficient (Wildman–Crippen LogP) is 2.75. The van der Waals surface area contributed by atoms with Crippen molar-refractivity contribution < 1.29 is 9.53 Å². The number of hydrogen-bond acceptors (Lipinski definition) is 4. The molecule has 5 nitrogen and oxygen atoms in total. The molecule has 20 heavy (non-hydrogen) atoms. The van der Waals surface area contributed by atoms with Crippen LogP contribution < -0.4 is 5.32 Å². The molecular formula is C14H24BrN3O2. The van der Waals surface area contributed by atoms with Crippen molar-refractivity contribution in [1.29, 1.82) is 0 Å². The largest absolute Gasteiger partial charge is 0.465 e. The molecule has 0 bridgehead atoms. The van der Waals surface area contributed by atoms with Gasteiger partial charge in [0.05, 0.1) is 17.3 Å². The van der Waals surface area contributed by atoms with E-state index in [4.69, 9.17) is 4.74 Å². The lowest BCUT2D eigenvalue weighted by Crippen LogP contribution is -2.50. The number of nitrogens with zero attached hydrogens (tertiary/aromatic N) is 2. The molecule has 1 rings (SSSR count). The zero-order valence-corrected chi connectivity index (χ0v) is 14.1. The van der Waals surface area contributed by atoms with Crippen LogP contribution in [0.5, 0.6) is 0 Å². The topological polar surface area (TPSA) is 56.2 Å². The number of halogens is 1. The molecule has 1 aromatic rings. The Hall–Kier alpha value is -0.880. The first-order chi connectivity index (χ1) is 9.51. The van der Waals surface area contributed by atoms with Crippen LogP contribution in [0.1, 0.15) is 40.0 Å². The number of carbonyl (C=O) groups is 1. The second kappa shape index (κ2) is 8.42. The lowest BCUT2D eigenvalue weighted by molar-refractivity contribution is -0.150. The van der Waals surface area contributed by atoms with Crippen LogP contribution in [0.2, 0.25) is 0 Å². The summed E-state index contributed by atoms with van der Waals surface area (Å²) in [5.41, 5.74) is -0.615. The lowest BCUT2D eigenvalue weighted by Gasteiger charge is -2.28. The Kier molecular flexibility index (Phi) is 7.23. The van der Waals surface area contributed by atoms with Gasteiger partial charge in [0.15, 0.2) is 0 Å². The van der Waals surface area contributed by atoms with E-state index in [-0.39, 0.29) is 5.97 Å². The van der Waals surface area contributed by atoms with Crippen molar-refractivity contribution >= 4 is 21.9 Å². The van der Waals surface area contributed by atoms with Crippen molar-refractivity contribution in [2.24, 2.45) is 0 Å². The summed E-state index contributed by atoms with van der Waals surface area (Å²) in [6.07, 6.45) is 6.27. The number of carbonyl (C=O) groups excluding carboxylic acids is 1. The van der Waals surface area contributed by atoms with Gasteiger partial charge in [-0.15, -0.1) is 0 Å². The third kappa shape index (κ3) is 5.25. The van der Waals surface area contributed by atoms with Crippen LogP contribution in [0, 0.1) is 0 Å². The fourth-order valence-corrected chi connectivity index (χ4v) is 2.34. The Labute approximate surface area is 129 Å². The van der Waals surface area contributed by atoms with Crippen LogP contribution in [-0.2, 0) is 16.1 Å². The van der Waals surface area contributed by atoms with Crippen molar-refractivity contribution in [3.8, 4) is 0 Å². The van der Waals surface area contributed by atoms with E-state index in [1.165, 1.54) is 0 Å². The molecule has 0 aliphatic carbocycles. The van der Waals surface area contributed by atoms with Crippen LogP contribution >= 0.6 is 15.9 Å². The first kappa shape index (κ1) is 17.2. The number of hydrogen-bond donors (Lipinski definition) is 1. The normalized spacial score (nSPS) is 14.0. The zero-order chi connectivity index (χ0) is 15.0. The summed E-state index contributed by atoms with van der Waals surface area (Å²) in [6.45, 7) is 7.84. The molecular weight excluding hydrogens is 322 g/mol. The van der Waals surface area contributed by atoms with Crippen LogP contribution in [0.15, 0.2) is 16.9 Å². The summed E-state index contributed by atoms with van der Waals surface area (Å²) >= 11 is 3.37. The van der Waals surface area contributed by atoms with E-state index in [1.54, 1.807) is 6.20 Å².